The average Bonchev–Trinajstić information content (AvgIpc) is 2.91. The van der Waals surface area contributed by atoms with Crippen molar-refractivity contribution in [1.82, 2.24) is 9.80 Å². The number of nitrogens with zero attached hydrogens (tertiary/aromatic N) is 2. The van der Waals surface area contributed by atoms with Gasteiger partial charge in [-0.2, -0.15) is 0 Å². The van der Waals surface area contributed by atoms with Crippen LogP contribution in [-0.4, -0.2) is 66.6 Å². The molecule has 2 aliphatic rings. The first-order valence-corrected chi connectivity index (χ1v) is 8.76. The second-order valence-corrected chi connectivity index (χ2v) is 6.69. The van der Waals surface area contributed by atoms with Gasteiger partial charge in [0, 0.05) is 49.3 Å². The fraction of sp³-hybridized carbons (Fsp3) is 0.588. The molecule has 0 saturated carbocycles. The summed E-state index contributed by atoms with van der Waals surface area (Å²) in [5.74, 6) is 0.980. The van der Waals surface area contributed by atoms with Crippen LogP contribution in [0.3, 0.4) is 0 Å². The average molecular weight is 355 g/mol. The van der Waals surface area contributed by atoms with E-state index in [9.17, 15) is 9.90 Å². The number of esters is 1. The van der Waals surface area contributed by atoms with Crippen LogP contribution in [0.15, 0.2) is 6.07 Å². The van der Waals surface area contributed by atoms with Crippen LogP contribution in [0.25, 0.3) is 0 Å². The Balaban J connectivity index is 1.92. The first kappa shape index (κ1) is 17.3. The molecule has 2 heterocycles. The summed E-state index contributed by atoms with van der Waals surface area (Å²) >= 11 is 5.68. The van der Waals surface area contributed by atoms with Gasteiger partial charge in [-0.1, -0.05) is 0 Å². The number of carbonyl (C=O) groups is 1. The van der Waals surface area contributed by atoms with Crippen molar-refractivity contribution in [1.29, 1.82) is 0 Å². The highest BCUT2D eigenvalue weighted by Gasteiger charge is 2.42. The quantitative estimate of drug-likeness (QED) is 0.377. The summed E-state index contributed by atoms with van der Waals surface area (Å²) in [6, 6.07) is 1.04. The second-order valence-electron chi connectivity index (χ2n) is 6.32. The Morgan fingerprint density at radius 3 is 2.75 bits per heavy atom. The van der Waals surface area contributed by atoms with E-state index < -0.39 is 6.04 Å². The summed E-state index contributed by atoms with van der Waals surface area (Å²) in [6.07, 6.45) is 0.718. The highest BCUT2D eigenvalue weighted by Crippen LogP contribution is 2.48. The maximum Gasteiger partial charge on any atom is 0.333 e. The van der Waals surface area contributed by atoms with Crippen molar-refractivity contribution in [3.05, 3.63) is 17.2 Å². The Kier molecular flexibility index (Phi) is 5.18. The molecule has 0 bridgehead atoms. The van der Waals surface area contributed by atoms with Gasteiger partial charge in [-0.3, -0.25) is 4.90 Å². The topological polar surface area (TPSA) is 62.2 Å². The lowest BCUT2D eigenvalue weighted by molar-refractivity contribution is -0.138. The number of phenols is 1. The lowest BCUT2D eigenvalue weighted by Crippen LogP contribution is -2.47. The van der Waals surface area contributed by atoms with Gasteiger partial charge in [-0.15, -0.1) is 11.6 Å². The summed E-state index contributed by atoms with van der Waals surface area (Å²) in [7, 11) is 2.07. The van der Waals surface area contributed by atoms with E-state index >= 15 is 0 Å². The Morgan fingerprint density at radius 2 is 2.08 bits per heavy atom. The van der Waals surface area contributed by atoms with E-state index in [1.807, 2.05) is 6.92 Å². The lowest BCUT2D eigenvalue weighted by Gasteiger charge is -2.35. The molecule has 1 saturated heterocycles. The third kappa shape index (κ3) is 3.18. The number of fused-ring (bicyclic) bond motifs is 1. The maximum absolute atomic E-state index is 12.4. The van der Waals surface area contributed by atoms with E-state index in [1.54, 1.807) is 0 Å². The first-order valence-electron chi connectivity index (χ1n) is 8.22. The Labute approximate surface area is 146 Å². The summed E-state index contributed by atoms with van der Waals surface area (Å²) in [4.78, 5) is 16.8. The van der Waals surface area contributed by atoms with E-state index in [1.165, 1.54) is 6.07 Å². The number of benzene rings is 1. The number of alkyl halides is 1. The monoisotopic (exact) mass is 354 g/mol. The third-order valence-corrected chi connectivity index (χ3v) is 4.92. The molecule has 1 atom stereocenters. The zero-order chi connectivity index (χ0) is 17.3. The molecule has 0 aliphatic carbocycles. The van der Waals surface area contributed by atoms with Crippen LogP contribution in [0.5, 0.6) is 17.2 Å². The Hall–Kier alpha value is -1.50. The Bertz CT molecular complexity index is 630. The molecule has 0 amide bonds. The molecule has 2 aliphatic heterocycles. The minimum atomic E-state index is -0.476. The van der Waals surface area contributed by atoms with Crippen LogP contribution >= 0.6 is 11.6 Å². The summed E-state index contributed by atoms with van der Waals surface area (Å²) in [5.41, 5.74) is 1.57. The van der Waals surface area contributed by atoms with Crippen molar-refractivity contribution >= 4 is 17.6 Å². The van der Waals surface area contributed by atoms with Gasteiger partial charge in [0.2, 0.25) is 0 Å². The van der Waals surface area contributed by atoms with Crippen molar-refractivity contribution in [2.24, 2.45) is 0 Å². The highest BCUT2D eigenvalue weighted by atomic mass is 35.5. The predicted molar refractivity (Wildman–Crippen MR) is 91.1 cm³/mol. The van der Waals surface area contributed by atoms with E-state index in [2.05, 4.69) is 16.8 Å². The van der Waals surface area contributed by atoms with Crippen molar-refractivity contribution < 1.29 is 19.4 Å². The van der Waals surface area contributed by atoms with Crippen molar-refractivity contribution in [2.75, 3.05) is 45.7 Å². The van der Waals surface area contributed by atoms with Crippen LogP contribution in [0.1, 0.15) is 23.6 Å². The third-order valence-electron chi connectivity index (χ3n) is 4.66. The smallest absolute Gasteiger partial charge is 0.333 e. The number of rotatable bonds is 5. The van der Waals surface area contributed by atoms with Gasteiger partial charge in [0.25, 0.3) is 0 Å². The Morgan fingerprint density at radius 1 is 1.38 bits per heavy atom. The molecule has 0 spiro atoms. The van der Waals surface area contributed by atoms with Crippen LogP contribution in [0.4, 0.5) is 0 Å². The molecule has 0 aromatic heterocycles. The molecule has 1 aromatic rings. The van der Waals surface area contributed by atoms with Gasteiger partial charge in [-0.25, -0.2) is 4.79 Å². The van der Waals surface area contributed by atoms with Crippen molar-refractivity contribution in [2.45, 2.75) is 19.4 Å². The summed E-state index contributed by atoms with van der Waals surface area (Å²) in [5, 5.41) is 10.3. The van der Waals surface area contributed by atoms with Crippen molar-refractivity contribution in [3.63, 3.8) is 0 Å². The number of hydrogen-bond donors (Lipinski definition) is 1. The molecule has 132 valence electrons. The summed E-state index contributed by atoms with van der Waals surface area (Å²) < 4.78 is 11.1. The number of hydrogen-bond acceptors (Lipinski definition) is 6. The van der Waals surface area contributed by atoms with Crippen LogP contribution in [-0.2, 0) is 4.79 Å². The molecule has 0 radical (unpaired) electrons. The number of ether oxygens (including phenoxy) is 2. The van der Waals surface area contributed by atoms with Gasteiger partial charge in [-0.05, 0) is 20.4 Å². The number of piperazine rings is 1. The number of phenolic OH excluding ortho intramolecular Hbond substituents is 1. The number of aromatic hydroxyl groups is 1. The maximum atomic E-state index is 12.4. The minimum absolute atomic E-state index is 0.0542. The minimum Gasteiger partial charge on any atom is -0.504 e. The van der Waals surface area contributed by atoms with Gasteiger partial charge >= 0.3 is 5.97 Å². The fourth-order valence-corrected chi connectivity index (χ4v) is 3.36. The number of likely N-dealkylation sites (N-methyl/N-ethyl adjacent to an activating group) is 1. The van der Waals surface area contributed by atoms with Crippen LogP contribution in [0, 0.1) is 6.92 Å². The molecule has 1 N–H and O–H groups in total. The lowest BCUT2D eigenvalue weighted by atomic mass is 9.98. The molecule has 3 rings (SSSR count). The number of carbonyl (C=O) groups excluding carboxylic acids is 1. The largest absolute Gasteiger partial charge is 0.504 e. The van der Waals surface area contributed by atoms with Crippen LogP contribution < -0.4 is 9.47 Å². The van der Waals surface area contributed by atoms with E-state index in [0.29, 0.717) is 18.2 Å². The molecule has 24 heavy (non-hydrogen) atoms. The van der Waals surface area contributed by atoms with Crippen LogP contribution in [0.2, 0.25) is 0 Å². The van der Waals surface area contributed by atoms with Crippen molar-refractivity contribution in [3.8, 4) is 17.2 Å². The standard InChI is InChI=1S/C17H23ClN2O4/c1-11-13(23-9-3-4-18)10-12(21)16-14(11)15(17(22)24-16)20-7-5-19(2)6-8-20/h10,15,21H,3-9H2,1-2H3. The predicted octanol–water partition coefficient (Wildman–Crippen LogP) is 1.92. The zero-order valence-electron chi connectivity index (χ0n) is 14.0. The van der Waals surface area contributed by atoms with Gasteiger partial charge in [0.05, 0.1) is 6.61 Å². The molecular weight excluding hydrogens is 332 g/mol. The number of halogens is 1. The highest BCUT2D eigenvalue weighted by molar-refractivity contribution is 6.17. The molecule has 1 aromatic carbocycles. The SMILES string of the molecule is Cc1c(OCCCCl)cc(O)c2c1C(N1CCN(C)CC1)C(=O)O2. The fourth-order valence-electron chi connectivity index (χ4n) is 3.25. The molecule has 1 fully saturated rings. The molecule has 7 heteroatoms. The van der Waals surface area contributed by atoms with E-state index in [0.717, 1.165) is 43.7 Å². The summed E-state index contributed by atoms with van der Waals surface area (Å²) in [6.45, 7) is 5.74. The van der Waals surface area contributed by atoms with Gasteiger partial charge in [0.1, 0.15) is 11.8 Å². The molecular formula is C17H23ClN2O4. The van der Waals surface area contributed by atoms with E-state index in [4.69, 9.17) is 21.1 Å². The first-order chi connectivity index (χ1) is 11.5. The van der Waals surface area contributed by atoms with Gasteiger partial charge < -0.3 is 19.5 Å². The van der Waals surface area contributed by atoms with E-state index in [-0.39, 0.29) is 17.5 Å². The van der Waals surface area contributed by atoms with Gasteiger partial charge in [0.15, 0.2) is 11.5 Å². The normalized spacial score (nSPS) is 21.6. The molecule has 6 nitrogen and oxygen atoms in total. The second kappa shape index (κ2) is 7.17. The molecule has 1 unspecified atom stereocenters. The zero-order valence-corrected chi connectivity index (χ0v) is 14.8.